The number of aromatic nitrogens is 1. The molecule has 1 aliphatic carbocycles. The van der Waals surface area contributed by atoms with Gasteiger partial charge in [-0.05, 0) is 118 Å². The summed E-state index contributed by atoms with van der Waals surface area (Å²) in [6.07, 6.45) is 7.88. The third kappa shape index (κ3) is 9.84. The second-order valence-corrected chi connectivity index (χ2v) is 16.8. The van der Waals surface area contributed by atoms with Crippen LogP contribution in [0.15, 0.2) is 72.9 Å². The van der Waals surface area contributed by atoms with Crippen LogP contribution in [-0.2, 0) is 29.0 Å². The molecule has 12 nitrogen and oxygen atoms in total. The van der Waals surface area contributed by atoms with Crippen LogP contribution >= 0.6 is 0 Å². The van der Waals surface area contributed by atoms with Gasteiger partial charge in [0.1, 0.15) is 35.9 Å². The van der Waals surface area contributed by atoms with Crippen molar-refractivity contribution in [3.63, 3.8) is 0 Å². The Balaban J connectivity index is 1.03. The lowest BCUT2D eigenvalue weighted by molar-refractivity contribution is -0.142. The Morgan fingerprint density at radius 1 is 0.931 bits per heavy atom. The Kier molecular flexibility index (Phi) is 12.1. The van der Waals surface area contributed by atoms with Gasteiger partial charge in [0.25, 0.3) is 0 Å². The van der Waals surface area contributed by atoms with Crippen molar-refractivity contribution >= 4 is 17.9 Å². The molecular formula is C46H54N4O8. The minimum atomic E-state index is -1.24. The van der Waals surface area contributed by atoms with Crippen molar-refractivity contribution in [2.24, 2.45) is 5.92 Å². The highest BCUT2D eigenvalue weighted by molar-refractivity contribution is 5.91. The van der Waals surface area contributed by atoms with Crippen LogP contribution in [0.5, 0.6) is 28.7 Å². The molecule has 1 aromatic heterocycles. The van der Waals surface area contributed by atoms with Crippen LogP contribution in [0.2, 0.25) is 0 Å². The number of carboxylic acid groups (broad SMARTS) is 1. The van der Waals surface area contributed by atoms with Gasteiger partial charge in [0.15, 0.2) is 17.6 Å². The summed E-state index contributed by atoms with van der Waals surface area (Å²) >= 11 is 0. The molecule has 2 aliphatic heterocycles. The van der Waals surface area contributed by atoms with Crippen LogP contribution in [0.3, 0.4) is 0 Å². The second kappa shape index (κ2) is 17.4. The summed E-state index contributed by atoms with van der Waals surface area (Å²) in [7, 11) is 0. The van der Waals surface area contributed by atoms with E-state index in [4.69, 9.17) is 18.9 Å². The molecule has 7 rings (SSSR count). The summed E-state index contributed by atoms with van der Waals surface area (Å²) in [4.78, 5) is 46.1. The fraction of sp³-hybridized carbons (Fsp3) is 0.435. The number of hydrogen-bond acceptors (Lipinski definition) is 8. The normalized spacial score (nSPS) is 18.4. The summed E-state index contributed by atoms with van der Waals surface area (Å²) in [6, 6.07) is 18.0. The van der Waals surface area contributed by atoms with E-state index in [9.17, 15) is 19.5 Å². The Morgan fingerprint density at radius 3 is 2.34 bits per heavy atom. The lowest BCUT2D eigenvalue weighted by atomic mass is 9.90. The van der Waals surface area contributed by atoms with E-state index in [-0.39, 0.29) is 25.5 Å². The topological polar surface area (TPSA) is 149 Å². The van der Waals surface area contributed by atoms with Gasteiger partial charge in [-0.1, -0.05) is 43.5 Å². The second-order valence-electron chi connectivity index (χ2n) is 16.8. The molecule has 4 aromatic rings. The first kappa shape index (κ1) is 40.4. The average Bonchev–Trinajstić information content (AvgIpc) is 3.20. The number of nitrogens with zero attached hydrogens (tertiary/aromatic N) is 2. The summed E-state index contributed by atoms with van der Waals surface area (Å²) < 4.78 is 24.8. The van der Waals surface area contributed by atoms with Crippen LogP contribution in [-0.4, -0.2) is 63.7 Å². The van der Waals surface area contributed by atoms with E-state index < -0.39 is 35.5 Å². The molecule has 0 spiro atoms. The maximum absolute atomic E-state index is 14.1. The molecule has 306 valence electrons. The van der Waals surface area contributed by atoms with Gasteiger partial charge in [0.05, 0.1) is 6.61 Å². The van der Waals surface area contributed by atoms with E-state index in [2.05, 4.69) is 15.6 Å². The van der Waals surface area contributed by atoms with E-state index >= 15 is 0 Å². The molecule has 3 aliphatic rings. The zero-order valence-corrected chi connectivity index (χ0v) is 34.0. The largest absolute Gasteiger partial charge is 0.493 e. The Morgan fingerprint density at radius 2 is 1.64 bits per heavy atom. The van der Waals surface area contributed by atoms with E-state index in [1.54, 1.807) is 36.5 Å². The number of amides is 3. The molecule has 0 saturated heterocycles. The maximum Gasteiger partial charge on any atom is 0.326 e. The zero-order chi connectivity index (χ0) is 41.0. The summed E-state index contributed by atoms with van der Waals surface area (Å²) in [5, 5.41) is 15.9. The number of carboxylic acids is 1. The highest BCUT2D eigenvalue weighted by Crippen LogP contribution is 2.41. The van der Waals surface area contributed by atoms with Crippen LogP contribution in [0.4, 0.5) is 4.79 Å². The van der Waals surface area contributed by atoms with Gasteiger partial charge in [0.2, 0.25) is 5.91 Å². The number of ether oxygens (including phenoxy) is 4. The van der Waals surface area contributed by atoms with Crippen molar-refractivity contribution < 1.29 is 38.4 Å². The number of carbonyl (C=O) groups is 3. The number of nitrogens with one attached hydrogen (secondary N) is 2. The smallest absolute Gasteiger partial charge is 0.326 e. The Bertz CT molecular complexity index is 2110. The van der Waals surface area contributed by atoms with E-state index in [0.717, 1.165) is 40.3 Å². The molecule has 1 fully saturated rings. The summed E-state index contributed by atoms with van der Waals surface area (Å²) in [6.45, 7) is 10.6. The number of fused-ring (bicyclic) bond motifs is 2. The molecular weight excluding hydrogens is 737 g/mol. The third-order valence-corrected chi connectivity index (χ3v) is 11.2. The SMILES string of the molecule is Cc1nccc(Oc2ccc(C[C@H](NC(=O)[C@@H]3Cc4cc5c(cc4CN3C(=O)NC(C)(C)C)O[C@@H](c3ccc(OCC4CCCCC4)cc3)CO5)C(=O)O)cc2)c1C. The third-order valence-electron chi connectivity index (χ3n) is 11.2. The highest BCUT2D eigenvalue weighted by Gasteiger charge is 2.39. The quantitative estimate of drug-likeness (QED) is 0.137. The number of aryl methyl sites for hydroxylation is 1. The number of urea groups is 1. The number of rotatable bonds is 11. The van der Waals surface area contributed by atoms with Crippen molar-refractivity contribution in [1.82, 2.24) is 20.5 Å². The van der Waals surface area contributed by atoms with E-state index in [1.807, 2.05) is 71.0 Å². The van der Waals surface area contributed by atoms with Gasteiger partial charge < -0.3 is 39.6 Å². The average molecular weight is 791 g/mol. The van der Waals surface area contributed by atoms with Crippen LogP contribution in [0, 0.1) is 19.8 Å². The molecule has 0 bridgehead atoms. The molecule has 3 aromatic carbocycles. The molecule has 0 unspecified atom stereocenters. The lowest BCUT2D eigenvalue weighted by Crippen LogP contribution is -2.59. The molecule has 58 heavy (non-hydrogen) atoms. The van der Waals surface area contributed by atoms with Gasteiger partial charge in [-0.25, -0.2) is 9.59 Å². The summed E-state index contributed by atoms with van der Waals surface area (Å²) in [5.74, 6) is 2.10. The molecule has 1 saturated carbocycles. The first-order chi connectivity index (χ1) is 27.8. The highest BCUT2D eigenvalue weighted by atomic mass is 16.6. The van der Waals surface area contributed by atoms with Crippen molar-refractivity contribution in [1.29, 1.82) is 0 Å². The Hall–Kier alpha value is -5.78. The van der Waals surface area contributed by atoms with Gasteiger partial charge in [-0.15, -0.1) is 0 Å². The molecule has 3 amide bonds. The number of benzene rings is 3. The van der Waals surface area contributed by atoms with Crippen LogP contribution in [0.25, 0.3) is 0 Å². The molecule has 3 atom stereocenters. The van der Waals surface area contributed by atoms with Gasteiger partial charge in [0, 0.05) is 42.4 Å². The van der Waals surface area contributed by atoms with Crippen molar-refractivity contribution in [3.05, 3.63) is 106 Å². The summed E-state index contributed by atoms with van der Waals surface area (Å²) in [5.41, 5.74) is 4.51. The minimum absolute atomic E-state index is 0.0301. The maximum atomic E-state index is 14.1. The molecule has 3 N–H and O–H groups in total. The minimum Gasteiger partial charge on any atom is -0.493 e. The number of aliphatic carboxylic acids is 1. The van der Waals surface area contributed by atoms with E-state index in [0.29, 0.717) is 41.1 Å². The number of carbonyl (C=O) groups excluding carboxylic acids is 2. The standard InChI is InChI=1S/C46H54N4O8/c1-28-29(2)47-20-19-39(28)57-36-15-11-30(12-16-36)21-37(44(52)53)48-43(51)38-22-33-23-40-41(24-34(33)25-50(38)45(54)49-46(3,4)5)58-42(27-56-40)32-13-17-35(18-14-32)55-26-31-9-7-6-8-10-31/h11-20,23-24,31,37-38,42H,6-10,21-22,25-27H2,1-5H3,(H,48,51)(H,49,54)(H,52,53)/t37-,38-,42+/m0/s1. The zero-order valence-electron chi connectivity index (χ0n) is 34.0. The first-order valence-electron chi connectivity index (χ1n) is 20.3. The number of pyridine rings is 1. The molecule has 3 heterocycles. The monoisotopic (exact) mass is 790 g/mol. The molecule has 0 radical (unpaired) electrons. The van der Waals surface area contributed by atoms with Crippen molar-refractivity contribution in [2.75, 3.05) is 13.2 Å². The Labute approximate surface area is 340 Å². The number of hydrogen-bond donors (Lipinski definition) is 3. The predicted octanol–water partition coefficient (Wildman–Crippen LogP) is 8.01. The van der Waals surface area contributed by atoms with Gasteiger partial charge >= 0.3 is 12.0 Å². The fourth-order valence-electron chi connectivity index (χ4n) is 7.75. The van der Waals surface area contributed by atoms with Gasteiger partial charge in [-0.2, -0.15) is 0 Å². The van der Waals surface area contributed by atoms with Crippen molar-refractivity contribution in [2.45, 2.75) is 110 Å². The van der Waals surface area contributed by atoms with Crippen molar-refractivity contribution in [3.8, 4) is 28.7 Å². The van der Waals surface area contributed by atoms with E-state index in [1.165, 1.54) is 37.0 Å². The fourth-order valence-corrected chi connectivity index (χ4v) is 7.75. The van der Waals surface area contributed by atoms with Crippen LogP contribution in [0.1, 0.15) is 92.5 Å². The first-order valence-corrected chi connectivity index (χ1v) is 20.3. The lowest BCUT2D eigenvalue weighted by Gasteiger charge is -2.39. The van der Waals surface area contributed by atoms with Gasteiger partial charge in [-0.3, -0.25) is 9.78 Å². The van der Waals surface area contributed by atoms with Crippen LogP contribution < -0.4 is 29.6 Å². The molecule has 12 heteroatoms. The predicted molar refractivity (Wildman–Crippen MR) is 219 cm³/mol.